The lowest BCUT2D eigenvalue weighted by Crippen LogP contribution is -2.15. The van der Waals surface area contributed by atoms with E-state index in [9.17, 15) is 9.59 Å². The van der Waals surface area contributed by atoms with Crippen molar-refractivity contribution in [3.63, 3.8) is 0 Å². The Balaban J connectivity index is 0.000000220. The minimum absolute atomic E-state index is 0. The Morgan fingerprint density at radius 2 is 1.21 bits per heavy atom. The summed E-state index contributed by atoms with van der Waals surface area (Å²) < 4.78 is 3.46. The lowest BCUT2D eigenvalue weighted by atomic mass is 9.88. The first-order chi connectivity index (χ1) is 19.3. The Bertz CT molecular complexity index is 1900. The number of rotatable bonds is 6. The SMILES string of the molecule is Nc1nc2c(ncn2Cc2ccc([B]O)cc2)c(=O)[nH]1.Nc1nc2ncn(Cc3ccc([B]O)cc3)c2c(=O)[nH]1.O.O. The number of aromatic nitrogens is 8. The minimum Gasteiger partial charge on any atom is -0.450 e. The molecule has 0 spiro atoms. The van der Waals surface area contributed by atoms with Crippen molar-refractivity contribution in [1.29, 1.82) is 0 Å². The first kappa shape index (κ1) is 31.2. The summed E-state index contributed by atoms with van der Waals surface area (Å²) in [6.45, 7) is 0.995. The molecule has 0 atom stereocenters. The van der Waals surface area contributed by atoms with Crippen molar-refractivity contribution in [1.82, 2.24) is 39.0 Å². The van der Waals surface area contributed by atoms with E-state index in [0.29, 0.717) is 29.9 Å². The highest BCUT2D eigenvalue weighted by Gasteiger charge is 2.11. The van der Waals surface area contributed by atoms with E-state index in [1.165, 1.54) is 0 Å². The molecule has 42 heavy (non-hydrogen) atoms. The van der Waals surface area contributed by atoms with Gasteiger partial charge in [-0.15, -0.1) is 0 Å². The Morgan fingerprint density at radius 3 is 1.79 bits per heavy atom. The van der Waals surface area contributed by atoms with Gasteiger partial charge in [0.1, 0.15) is 0 Å². The standard InChI is InChI=1S/2C12H11BN5O2.2H2O/c14-12-16-10-9(11(19)17-12)18(6-15-10)5-7-1-3-8(13-20)4-2-7;14-12-16-10-9(11(19)17-12)15-6-18(10)5-7-1-3-8(13-20)4-2-7;;/h2*1-4,6,20H,5H2,(H3,14,16,17,19);2*1H2. The summed E-state index contributed by atoms with van der Waals surface area (Å²) >= 11 is 0. The number of nitrogens with one attached hydrogen (secondary N) is 2. The van der Waals surface area contributed by atoms with Gasteiger partial charge in [-0.1, -0.05) is 59.5 Å². The van der Waals surface area contributed by atoms with E-state index in [1.807, 2.05) is 24.3 Å². The van der Waals surface area contributed by atoms with E-state index in [4.69, 9.17) is 21.5 Å². The van der Waals surface area contributed by atoms with Crippen LogP contribution in [0.25, 0.3) is 22.3 Å². The number of nitrogens with two attached hydrogens (primary N) is 2. The molecule has 16 nitrogen and oxygen atoms in total. The number of hydrogen-bond acceptors (Lipinski definition) is 10. The highest BCUT2D eigenvalue weighted by atomic mass is 16.2. The number of imidazole rings is 2. The molecule has 4 heterocycles. The maximum atomic E-state index is 11.9. The fourth-order valence-corrected chi connectivity index (χ4v) is 4.02. The van der Waals surface area contributed by atoms with Crippen molar-refractivity contribution < 1.29 is 21.0 Å². The summed E-state index contributed by atoms with van der Waals surface area (Å²) in [6.07, 6.45) is 3.11. The average Bonchev–Trinajstić information content (AvgIpc) is 3.54. The number of anilines is 2. The average molecular weight is 572 g/mol. The third-order valence-corrected chi connectivity index (χ3v) is 5.96. The van der Waals surface area contributed by atoms with Crippen LogP contribution in [-0.2, 0) is 13.1 Å². The Kier molecular flexibility index (Phi) is 9.95. The zero-order chi connectivity index (χ0) is 28.2. The van der Waals surface area contributed by atoms with E-state index in [1.54, 1.807) is 46.1 Å². The molecule has 0 aliphatic carbocycles. The van der Waals surface area contributed by atoms with Gasteiger partial charge in [0.25, 0.3) is 11.1 Å². The third kappa shape index (κ3) is 6.70. The molecule has 0 unspecified atom stereocenters. The second kappa shape index (κ2) is 13.4. The van der Waals surface area contributed by atoms with Gasteiger partial charge in [0, 0.05) is 6.54 Å². The number of benzene rings is 2. The number of H-pyrrole nitrogens is 2. The van der Waals surface area contributed by atoms with Crippen molar-refractivity contribution in [2.24, 2.45) is 0 Å². The van der Waals surface area contributed by atoms with Crippen LogP contribution in [0.1, 0.15) is 11.1 Å². The molecular weight excluding hydrogens is 546 g/mol. The largest absolute Gasteiger partial charge is 0.450 e. The lowest BCUT2D eigenvalue weighted by Gasteiger charge is -2.05. The second-order valence-corrected chi connectivity index (χ2v) is 8.73. The summed E-state index contributed by atoms with van der Waals surface area (Å²) in [6, 6.07) is 14.7. The van der Waals surface area contributed by atoms with Crippen molar-refractivity contribution >= 4 is 60.1 Å². The minimum atomic E-state index is -0.350. The van der Waals surface area contributed by atoms with Gasteiger partial charge in [0.15, 0.2) is 22.3 Å². The lowest BCUT2D eigenvalue weighted by molar-refractivity contribution is 0.614. The van der Waals surface area contributed by atoms with Gasteiger partial charge in [-0.2, -0.15) is 9.97 Å². The van der Waals surface area contributed by atoms with Gasteiger partial charge in [-0.05, 0) is 11.1 Å². The number of nitrogens with zero attached hydrogens (tertiary/aromatic N) is 6. The molecule has 214 valence electrons. The second-order valence-electron chi connectivity index (χ2n) is 8.73. The summed E-state index contributed by atoms with van der Waals surface area (Å²) in [5.41, 5.74) is 15.2. The summed E-state index contributed by atoms with van der Waals surface area (Å²) in [4.78, 5) is 44.6. The summed E-state index contributed by atoms with van der Waals surface area (Å²) in [5.74, 6) is 0.116. The van der Waals surface area contributed by atoms with E-state index >= 15 is 0 Å². The number of aromatic amines is 2. The topological polar surface area (TPSA) is 283 Å². The smallest absolute Gasteiger partial charge is 0.326 e. The maximum Gasteiger partial charge on any atom is 0.326 e. The summed E-state index contributed by atoms with van der Waals surface area (Å²) in [7, 11) is 2.08. The third-order valence-electron chi connectivity index (χ3n) is 5.96. The molecule has 0 saturated heterocycles. The van der Waals surface area contributed by atoms with Crippen LogP contribution in [0, 0.1) is 0 Å². The molecule has 0 amide bonds. The molecule has 4 aromatic heterocycles. The van der Waals surface area contributed by atoms with Crippen LogP contribution in [0.4, 0.5) is 11.9 Å². The molecule has 6 aromatic rings. The Hall–Kier alpha value is -5.29. The van der Waals surface area contributed by atoms with Gasteiger partial charge in [0.05, 0.1) is 19.2 Å². The van der Waals surface area contributed by atoms with Gasteiger partial charge in [-0.25, -0.2) is 9.97 Å². The van der Waals surface area contributed by atoms with Crippen molar-refractivity contribution in [2.75, 3.05) is 11.5 Å². The summed E-state index contributed by atoms with van der Waals surface area (Å²) in [5, 5.41) is 17.8. The van der Waals surface area contributed by atoms with Gasteiger partial charge in [-0.3, -0.25) is 19.6 Å². The van der Waals surface area contributed by atoms with E-state index < -0.39 is 0 Å². The van der Waals surface area contributed by atoms with Gasteiger partial charge >= 0.3 is 15.0 Å². The predicted octanol–water partition coefficient (Wildman–Crippen LogP) is -3.68. The number of hydrogen-bond donors (Lipinski definition) is 6. The first-order valence-electron chi connectivity index (χ1n) is 11.9. The van der Waals surface area contributed by atoms with Crippen LogP contribution in [0.15, 0.2) is 70.8 Å². The Morgan fingerprint density at radius 1 is 0.714 bits per heavy atom. The molecule has 2 aromatic carbocycles. The maximum absolute atomic E-state index is 11.9. The highest BCUT2D eigenvalue weighted by Crippen LogP contribution is 2.10. The zero-order valence-corrected chi connectivity index (χ0v) is 21.9. The van der Waals surface area contributed by atoms with E-state index in [0.717, 1.165) is 37.0 Å². The molecule has 0 fully saturated rings. The molecule has 0 aliphatic rings. The molecule has 6 rings (SSSR count). The fourth-order valence-electron chi connectivity index (χ4n) is 4.02. The molecular formula is C24H26B2N10O6. The fraction of sp³-hybridized carbons (Fsp3) is 0.0833. The van der Waals surface area contributed by atoms with Crippen LogP contribution in [-0.4, -0.2) is 75.0 Å². The first-order valence-corrected chi connectivity index (χ1v) is 11.9. The number of fused-ring (bicyclic) bond motifs is 2. The van der Waals surface area contributed by atoms with Gasteiger partial charge in [0.2, 0.25) is 11.9 Å². The molecule has 18 heteroatoms. The normalized spacial score (nSPS) is 10.3. The zero-order valence-electron chi connectivity index (χ0n) is 21.9. The predicted molar refractivity (Wildman–Crippen MR) is 159 cm³/mol. The molecule has 0 bridgehead atoms. The van der Waals surface area contributed by atoms with Crippen LogP contribution >= 0.6 is 0 Å². The molecule has 0 saturated carbocycles. The quantitative estimate of drug-likeness (QED) is 0.106. The van der Waals surface area contributed by atoms with Crippen LogP contribution in [0.3, 0.4) is 0 Å². The monoisotopic (exact) mass is 572 g/mol. The van der Waals surface area contributed by atoms with Crippen molar-refractivity contribution in [3.8, 4) is 0 Å². The highest BCUT2D eigenvalue weighted by molar-refractivity contribution is 6.45. The van der Waals surface area contributed by atoms with E-state index in [-0.39, 0.29) is 39.5 Å². The molecule has 12 N–H and O–H groups in total. The Labute approximate surface area is 237 Å². The van der Waals surface area contributed by atoms with Crippen molar-refractivity contribution in [2.45, 2.75) is 13.1 Å². The van der Waals surface area contributed by atoms with Crippen LogP contribution in [0.5, 0.6) is 0 Å². The van der Waals surface area contributed by atoms with Crippen LogP contribution in [0.2, 0.25) is 0 Å². The number of nitrogen functional groups attached to an aromatic ring is 2. The van der Waals surface area contributed by atoms with Crippen LogP contribution < -0.4 is 33.5 Å². The van der Waals surface area contributed by atoms with Gasteiger partial charge < -0.3 is 41.6 Å². The molecule has 2 radical (unpaired) electrons. The van der Waals surface area contributed by atoms with Crippen molar-refractivity contribution in [3.05, 3.63) is 93.0 Å². The molecule has 0 aliphatic heterocycles. The van der Waals surface area contributed by atoms with E-state index in [2.05, 4.69) is 29.9 Å².